The molecular formula is H4O3S2Y2. The zero-order valence-electron chi connectivity index (χ0n) is 3.38. The van der Waals surface area contributed by atoms with Gasteiger partial charge in [-0.05, 0) is 0 Å². The Morgan fingerprint density at radius 2 is 0.429 bits per heavy atom. The van der Waals surface area contributed by atoms with Crippen molar-refractivity contribution in [1.29, 1.82) is 0 Å². The summed E-state index contributed by atoms with van der Waals surface area (Å²) in [6.45, 7) is 0. The van der Waals surface area contributed by atoms with Crippen LogP contribution in [-0.2, 0) is 81.8 Å². The Morgan fingerprint density at radius 3 is 0.429 bits per heavy atom. The molecule has 0 spiro atoms. The Kier molecular flexibility index (Phi) is 953. The van der Waals surface area contributed by atoms with Crippen LogP contribution >= 0.6 is 27.0 Å². The average Bonchev–Trinajstić information content (AvgIpc) is 0. The maximum absolute atomic E-state index is 0. The molecule has 40 valence electrons. The molecule has 0 saturated heterocycles. The van der Waals surface area contributed by atoms with E-state index in [1.165, 1.54) is 0 Å². The topological polar surface area (TPSA) is 85.5 Å². The molecule has 0 aromatic rings. The van der Waals surface area contributed by atoms with Crippen molar-refractivity contribution in [2.45, 2.75) is 0 Å². The van der Waals surface area contributed by atoms with Gasteiger partial charge in [-0.25, -0.2) is 0 Å². The molecule has 7 heavy (non-hydrogen) atoms. The molecule has 0 amide bonds. The Morgan fingerprint density at radius 1 is 0.429 bits per heavy atom. The van der Waals surface area contributed by atoms with E-state index in [2.05, 4.69) is 0 Å². The molecule has 0 N–H and O–H groups in total. The van der Waals surface area contributed by atoms with Crippen LogP contribution < -0.4 is 0 Å². The standard InChI is InChI=1S/3O.2H2S.2Y/h;;;2*1H2;;/q3*-2;;;2*+3. The van der Waals surface area contributed by atoms with E-state index in [-0.39, 0.29) is 109 Å². The molecule has 0 heterocycles. The Balaban J connectivity index is 0. The van der Waals surface area contributed by atoms with Gasteiger partial charge in [-0.15, -0.1) is 0 Å². The molecule has 0 aromatic heterocycles. The normalized spacial score (nSPS) is 0. The molecule has 0 radical (unpaired) electrons. The van der Waals surface area contributed by atoms with Crippen LogP contribution in [0.2, 0.25) is 0 Å². The second kappa shape index (κ2) is 68.6. The van der Waals surface area contributed by atoms with Crippen molar-refractivity contribution < 1.29 is 81.8 Å². The summed E-state index contributed by atoms with van der Waals surface area (Å²) in [5.74, 6) is 0. The Labute approximate surface area is 107 Å². The SMILES string of the molecule is S.S.[O-2].[O-2].[O-2].[Y+3].[Y+3]. The number of rotatable bonds is 0. The summed E-state index contributed by atoms with van der Waals surface area (Å²) in [6.07, 6.45) is 0. The van der Waals surface area contributed by atoms with Gasteiger partial charge in [0.1, 0.15) is 0 Å². The van der Waals surface area contributed by atoms with Crippen LogP contribution in [0.4, 0.5) is 0 Å². The van der Waals surface area contributed by atoms with Crippen LogP contribution in [0, 0.1) is 0 Å². The van der Waals surface area contributed by atoms with Crippen molar-refractivity contribution >= 4 is 27.0 Å². The smallest absolute Gasteiger partial charge is 2.00 e. The van der Waals surface area contributed by atoms with Gasteiger partial charge in [0, 0.05) is 0 Å². The molecule has 0 fully saturated rings. The first-order valence-electron chi connectivity index (χ1n) is 0. The fourth-order valence-corrected chi connectivity index (χ4v) is 0. The summed E-state index contributed by atoms with van der Waals surface area (Å²) in [6, 6.07) is 0. The van der Waals surface area contributed by atoms with Crippen molar-refractivity contribution in [2.24, 2.45) is 0 Å². The largest absolute Gasteiger partial charge is 3.00 e. The van der Waals surface area contributed by atoms with E-state index in [1.54, 1.807) is 0 Å². The van der Waals surface area contributed by atoms with Crippen LogP contribution in [0.1, 0.15) is 0 Å². The summed E-state index contributed by atoms with van der Waals surface area (Å²) in [5, 5.41) is 0. The molecule has 0 aliphatic rings. The molecule has 0 atom stereocenters. The molecule has 3 nitrogen and oxygen atoms in total. The minimum Gasteiger partial charge on any atom is -2.00 e. The third-order valence-corrected chi connectivity index (χ3v) is 0. The van der Waals surface area contributed by atoms with Gasteiger partial charge in [0.05, 0.1) is 0 Å². The van der Waals surface area contributed by atoms with Crippen LogP contribution in [0.25, 0.3) is 0 Å². The number of hydrogen-bond donors (Lipinski definition) is 0. The third kappa shape index (κ3) is 52.1. The van der Waals surface area contributed by atoms with E-state index in [9.17, 15) is 0 Å². The summed E-state index contributed by atoms with van der Waals surface area (Å²) in [4.78, 5) is 0. The molecule has 0 aliphatic carbocycles. The molecule has 0 saturated carbocycles. The monoisotopic (exact) mass is 294 g/mol. The van der Waals surface area contributed by atoms with Crippen LogP contribution in [-0.4, -0.2) is 0 Å². The third-order valence-electron chi connectivity index (χ3n) is 0. The van der Waals surface area contributed by atoms with Gasteiger partial charge in [-0.1, -0.05) is 0 Å². The molecule has 0 rings (SSSR count). The summed E-state index contributed by atoms with van der Waals surface area (Å²) in [7, 11) is 0. The predicted octanol–water partition coefficient (Wildman–Crippen LogP) is -0.136. The zero-order chi connectivity index (χ0) is 0. The van der Waals surface area contributed by atoms with Crippen molar-refractivity contribution in [1.82, 2.24) is 0 Å². The second-order valence-electron chi connectivity index (χ2n) is 0. The fraction of sp³-hybridized carbons (Fsp3) is 0. The van der Waals surface area contributed by atoms with E-state index in [0.717, 1.165) is 0 Å². The first-order valence-corrected chi connectivity index (χ1v) is 0. The van der Waals surface area contributed by atoms with Gasteiger partial charge in [0.15, 0.2) is 0 Å². The van der Waals surface area contributed by atoms with Gasteiger partial charge in [0.2, 0.25) is 0 Å². The van der Waals surface area contributed by atoms with Crippen molar-refractivity contribution in [3.05, 3.63) is 0 Å². The molecule has 7 heteroatoms. The number of hydrogen-bond acceptors (Lipinski definition) is 0. The first kappa shape index (κ1) is 97.3. The van der Waals surface area contributed by atoms with Crippen molar-refractivity contribution in [2.75, 3.05) is 0 Å². The van der Waals surface area contributed by atoms with Gasteiger partial charge in [-0.3, -0.25) is 0 Å². The molecule has 0 unspecified atom stereocenters. The summed E-state index contributed by atoms with van der Waals surface area (Å²) < 4.78 is 0. The first-order chi connectivity index (χ1) is 0. The van der Waals surface area contributed by atoms with Gasteiger partial charge < -0.3 is 16.4 Å². The van der Waals surface area contributed by atoms with E-state index < -0.39 is 0 Å². The molecular weight excluding hydrogens is 290 g/mol. The van der Waals surface area contributed by atoms with Crippen molar-refractivity contribution in [3.8, 4) is 0 Å². The van der Waals surface area contributed by atoms with E-state index >= 15 is 0 Å². The second-order valence-corrected chi connectivity index (χ2v) is 0. The Bertz CT molecular complexity index is 10.9. The fourth-order valence-electron chi connectivity index (χ4n) is 0. The maximum atomic E-state index is 0. The predicted molar refractivity (Wildman–Crippen MR) is 22.8 cm³/mol. The van der Waals surface area contributed by atoms with E-state index in [0.29, 0.717) is 0 Å². The van der Waals surface area contributed by atoms with Gasteiger partial charge in [0.25, 0.3) is 0 Å². The molecule has 0 bridgehead atoms. The summed E-state index contributed by atoms with van der Waals surface area (Å²) >= 11 is 0. The minimum atomic E-state index is 0. The van der Waals surface area contributed by atoms with E-state index in [1.807, 2.05) is 0 Å². The van der Waals surface area contributed by atoms with Gasteiger partial charge in [-0.2, -0.15) is 27.0 Å². The van der Waals surface area contributed by atoms with Crippen LogP contribution in [0.15, 0.2) is 0 Å². The van der Waals surface area contributed by atoms with Crippen LogP contribution in [0.3, 0.4) is 0 Å². The van der Waals surface area contributed by atoms with E-state index in [4.69, 9.17) is 0 Å². The minimum absolute atomic E-state index is 0. The Hall–Kier alpha value is 2.79. The van der Waals surface area contributed by atoms with Crippen molar-refractivity contribution in [3.63, 3.8) is 0 Å². The average molecular weight is 294 g/mol. The van der Waals surface area contributed by atoms with Crippen LogP contribution in [0.5, 0.6) is 0 Å². The summed E-state index contributed by atoms with van der Waals surface area (Å²) in [5.41, 5.74) is 0. The maximum Gasteiger partial charge on any atom is 3.00 e. The molecule has 0 aromatic carbocycles. The molecule has 0 aliphatic heterocycles. The zero-order valence-corrected chi connectivity index (χ0v) is 11.1. The van der Waals surface area contributed by atoms with Gasteiger partial charge >= 0.3 is 65.4 Å². The quantitative estimate of drug-likeness (QED) is 0.596.